The largest absolute Gasteiger partial charge is 0.456 e. The van der Waals surface area contributed by atoms with Crippen molar-refractivity contribution in [3.63, 3.8) is 0 Å². The van der Waals surface area contributed by atoms with Crippen LogP contribution in [-0.4, -0.2) is 29.5 Å². The molecule has 0 rings (SSSR count). The van der Waals surface area contributed by atoms with Crippen molar-refractivity contribution in [2.24, 2.45) is 0 Å². The van der Waals surface area contributed by atoms with Crippen LogP contribution in [0.25, 0.3) is 0 Å². The summed E-state index contributed by atoms with van der Waals surface area (Å²) < 4.78 is 72.0. The molecule has 0 aliphatic carbocycles. The maximum absolute atomic E-state index is 12.7. The van der Waals surface area contributed by atoms with Gasteiger partial charge in [0.05, 0.1) is 0 Å². The fourth-order valence-corrected chi connectivity index (χ4v) is 0.662. The summed E-state index contributed by atoms with van der Waals surface area (Å²) in [5, 5.41) is 8.09. The standard InChI is InChI=1S/C6H8F6O/c1-4(7,2-3-13)5(8,9)6(10,11)12/h13H,2-3H2,1H3. The van der Waals surface area contributed by atoms with Gasteiger partial charge in [-0.2, -0.15) is 22.0 Å². The van der Waals surface area contributed by atoms with Gasteiger partial charge in [-0.15, -0.1) is 0 Å². The van der Waals surface area contributed by atoms with Gasteiger partial charge in [-0.05, 0) is 6.92 Å². The molecule has 1 N–H and O–H groups in total. The Balaban J connectivity index is 4.81. The fourth-order valence-electron chi connectivity index (χ4n) is 0.662. The molecule has 0 aliphatic heterocycles. The lowest BCUT2D eigenvalue weighted by Gasteiger charge is -2.30. The van der Waals surface area contributed by atoms with Gasteiger partial charge in [0.1, 0.15) is 0 Å². The zero-order chi connectivity index (χ0) is 10.9. The number of aliphatic hydroxyl groups excluding tert-OH is 1. The number of halogens is 6. The van der Waals surface area contributed by atoms with Crippen molar-refractivity contribution in [1.29, 1.82) is 0 Å². The average molecular weight is 210 g/mol. The van der Waals surface area contributed by atoms with Gasteiger partial charge in [0.15, 0.2) is 5.67 Å². The molecule has 0 heterocycles. The average Bonchev–Trinajstić information content (AvgIpc) is 1.84. The summed E-state index contributed by atoms with van der Waals surface area (Å²) in [4.78, 5) is 0. The lowest BCUT2D eigenvalue weighted by Crippen LogP contribution is -2.53. The van der Waals surface area contributed by atoms with Crippen molar-refractivity contribution >= 4 is 0 Å². The van der Waals surface area contributed by atoms with Crippen LogP contribution in [0.15, 0.2) is 0 Å². The van der Waals surface area contributed by atoms with Crippen LogP contribution in [-0.2, 0) is 0 Å². The van der Waals surface area contributed by atoms with E-state index < -0.39 is 30.8 Å². The van der Waals surface area contributed by atoms with Crippen molar-refractivity contribution in [1.82, 2.24) is 0 Å². The third kappa shape index (κ3) is 2.26. The second kappa shape index (κ2) is 3.36. The molecule has 0 aliphatic rings. The molecule has 0 amide bonds. The second-order valence-electron chi connectivity index (χ2n) is 2.74. The molecule has 1 unspecified atom stereocenters. The van der Waals surface area contributed by atoms with Crippen LogP contribution >= 0.6 is 0 Å². The Morgan fingerprint density at radius 2 is 1.38 bits per heavy atom. The van der Waals surface area contributed by atoms with Gasteiger partial charge in [-0.3, -0.25) is 0 Å². The quantitative estimate of drug-likeness (QED) is 0.708. The summed E-state index contributed by atoms with van der Waals surface area (Å²) in [5.41, 5.74) is -3.78. The number of rotatable bonds is 3. The molecule has 0 aromatic rings. The van der Waals surface area contributed by atoms with Crippen molar-refractivity contribution in [2.45, 2.75) is 31.1 Å². The Morgan fingerprint density at radius 1 is 1.00 bits per heavy atom. The Bertz CT molecular complexity index is 172. The predicted octanol–water partition coefficient (Wildman–Crippen LogP) is 2.29. The molecule has 0 spiro atoms. The van der Waals surface area contributed by atoms with E-state index in [1.807, 2.05) is 0 Å². The molecule has 1 atom stereocenters. The van der Waals surface area contributed by atoms with Gasteiger partial charge in [-0.25, -0.2) is 4.39 Å². The topological polar surface area (TPSA) is 20.2 Å². The van der Waals surface area contributed by atoms with Crippen LogP contribution in [0.5, 0.6) is 0 Å². The molecule has 0 bridgehead atoms. The summed E-state index contributed by atoms with van der Waals surface area (Å²) in [7, 11) is 0. The van der Waals surface area contributed by atoms with E-state index in [9.17, 15) is 26.3 Å². The molecule has 13 heavy (non-hydrogen) atoms. The van der Waals surface area contributed by atoms with E-state index in [1.54, 1.807) is 0 Å². The van der Waals surface area contributed by atoms with Crippen LogP contribution in [0.4, 0.5) is 26.3 Å². The zero-order valence-electron chi connectivity index (χ0n) is 6.63. The predicted molar refractivity (Wildman–Crippen MR) is 32.2 cm³/mol. The number of aliphatic hydroxyl groups is 1. The molecule has 0 aromatic heterocycles. The van der Waals surface area contributed by atoms with Gasteiger partial charge in [0, 0.05) is 13.0 Å². The first-order valence-electron chi connectivity index (χ1n) is 3.30. The Hall–Kier alpha value is -0.460. The van der Waals surface area contributed by atoms with E-state index in [0.717, 1.165) is 0 Å². The lowest BCUT2D eigenvalue weighted by molar-refractivity contribution is -0.325. The molecule has 1 nitrogen and oxygen atoms in total. The van der Waals surface area contributed by atoms with Gasteiger partial charge in [0.25, 0.3) is 0 Å². The first-order valence-corrected chi connectivity index (χ1v) is 3.30. The minimum Gasteiger partial charge on any atom is -0.396 e. The van der Waals surface area contributed by atoms with Crippen molar-refractivity contribution in [2.75, 3.05) is 6.61 Å². The summed E-state index contributed by atoms with van der Waals surface area (Å²) >= 11 is 0. The molecule has 0 saturated heterocycles. The number of hydrogen-bond donors (Lipinski definition) is 1. The maximum atomic E-state index is 12.7. The first kappa shape index (κ1) is 12.5. The monoisotopic (exact) mass is 210 g/mol. The van der Waals surface area contributed by atoms with E-state index in [4.69, 9.17) is 5.11 Å². The molecule has 0 radical (unpaired) electrons. The van der Waals surface area contributed by atoms with Crippen LogP contribution in [0, 0.1) is 0 Å². The minimum atomic E-state index is -5.94. The van der Waals surface area contributed by atoms with Crippen molar-refractivity contribution < 1.29 is 31.4 Å². The van der Waals surface area contributed by atoms with Crippen molar-refractivity contribution in [3.05, 3.63) is 0 Å². The third-order valence-electron chi connectivity index (χ3n) is 1.59. The van der Waals surface area contributed by atoms with E-state index in [1.165, 1.54) is 0 Å². The molecular formula is C6H8F6O. The molecule has 80 valence electrons. The highest BCUT2D eigenvalue weighted by molar-refractivity contribution is 4.94. The summed E-state index contributed by atoms with van der Waals surface area (Å²) in [6.07, 6.45) is -7.20. The highest BCUT2D eigenvalue weighted by atomic mass is 19.4. The van der Waals surface area contributed by atoms with Gasteiger partial charge in [-0.1, -0.05) is 0 Å². The maximum Gasteiger partial charge on any atom is 0.456 e. The van der Waals surface area contributed by atoms with Gasteiger partial charge < -0.3 is 5.11 Å². The smallest absolute Gasteiger partial charge is 0.396 e. The normalized spacial score (nSPS) is 18.5. The minimum absolute atomic E-state index is 0.108. The summed E-state index contributed by atoms with van der Waals surface area (Å²) in [5.74, 6) is -5.44. The van der Waals surface area contributed by atoms with E-state index in [2.05, 4.69) is 0 Å². The van der Waals surface area contributed by atoms with Crippen molar-refractivity contribution in [3.8, 4) is 0 Å². The van der Waals surface area contributed by atoms with Crippen LogP contribution < -0.4 is 0 Å². The van der Waals surface area contributed by atoms with Gasteiger partial charge in [0.2, 0.25) is 0 Å². The SMILES string of the molecule is CC(F)(CCO)C(F)(F)C(F)(F)F. The summed E-state index contributed by atoms with van der Waals surface area (Å²) in [6, 6.07) is 0. The fraction of sp³-hybridized carbons (Fsp3) is 1.00. The van der Waals surface area contributed by atoms with Crippen LogP contribution in [0.2, 0.25) is 0 Å². The van der Waals surface area contributed by atoms with E-state index >= 15 is 0 Å². The highest BCUT2D eigenvalue weighted by Crippen LogP contribution is 2.46. The molecule has 0 fully saturated rings. The van der Waals surface area contributed by atoms with E-state index in [-0.39, 0.29) is 6.92 Å². The highest BCUT2D eigenvalue weighted by Gasteiger charge is 2.68. The van der Waals surface area contributed by atoms with Gasteiger partial charge >= 0.3 is 12.1 Å². The third-order valence-corrected chi connectivity index (χ3v) is 1.59. The Morgan fingerprint density at radius 3 is 1.62 bits per heavy atom. The zero-order valence-corrected chi connectivity index (χ0v) is 6.63. The summed E-state index contributed by atoms with van der Waals surface area (Å²) in [6.45, 7) is -0.963. The molecule has 0 aromatic carbocycles. The number of alkyl halides is 6. The Labute approximate surface area is 70.4 Å². The lowest BCUT2D eigenvalue weighted by atomic mass is 9.96. The molecular weight excluding hydrogens is 202 g/mol. The van der Waals surface area contributed by atoms with Crippen LogP contribution in [0.1, 0.15) is 13.3 Å². The van der Waals surface area contributed by atoms with Crippen LogP contribution in [0.3, 0.4) is 0 Å². The Kier molecular flexibility index (Phi) is 3.24. The first-order chi connectivity index (χ1) is 5.56. The number of hydrogen-bond acceptors (Lipinski definition) is 1. The molecule has 7 heteroatoms. The second-order valence-corrected chi connectivity index (χ2v) is 2.74. The van der Waals surface area contributed by atoms with E-state index in [0.29, 0.717) is 0 Å². The molecule has 0 saturated carbocycles.